The van der Waals surface area contributed by atoms with Gasteiger partial charge in [-0.1, -0.05) is 97.7 Å². The van der Waals surface area contributed by atoms with Gasteiger partial charge in [-0.25, -0.2) is 0 Å². The normalized spacial score (nSPS) is 17.0. The van der Waals surface area contributed by atoms with E-state index in [0.717, 1.165) is 41.7 Å². The Morgan fingerprint density at radius 1 is 0.941 bits per heavy atom. The molecule has 178 valence electrons. The van der Waals surface area contributed by atoms with E-state index in [1.165, 1.54) is 11.1 Å². The third-order valence-corrected chi connectivity index (χ3v) is 6.38. The molecule has 0 heterocycles. The first kappa shape index (κ1) is 28.2. The molecule has 2 aromatic carbocycles. The van der Waals surface area contributed by atoms with Crippen molar-refractivity contribution in [1.29, 1.82) is 0 Å². The zero-order valence-corrected chi connectivity index (χ0v) is 22.5. The topological polar surface area (TPSA) is 41.5 Å². The van der Waals surface area contributed by atoms with E-state index in [-0.39, 0.29) is 41.6 Å². The quantitative estimate of drug-likeness (QED) is 0.484. The number of fused-ring (bicyclic) bond motifs is 1. The standard InChI is InChI=1S/C30H40O3.Li/c1-9-10-14-23-22-15-12-11-13-20(22)16-17-24(23)28(31)33-27-25(29(2,3)4)18-21(32-8)19-26(27)30(5,6)7;/h11-13,15-19,23,31H,9-10,14H2,1-8H3;/q;+1/p-1/b28-24-;/t23-;/m1./s1. The maximum atomic E-state index is 13.7. The molecule has 3 rings (SSSR count). The summed E-state index contributed by atoms with van der Waals surface area (Å²) < 4.78 is 11.9. The fourth-order valence-electron chi connectivity index (χ4n) is 4.47. The van der Waals surface area contributed by atoms with Gasteiger partial charge < -0.3 is 14.6 Å². The monoisotopic (exact) mass is 454 g/mol. The molecule has 0 N–H and O–H groups in total. The van der Waals surface area contributed by atoms with Gasteiger partial charge in [0.25, 0.3) is 0 Å². The first-order chi connectivity index (χ1) is 15.5. The van der Waals surface area contributed by atoms with Crippen LogP contribution in [0.2, 0.25) is 0 Å². The summed E-state index contributed by atoms with van der Waals surface area (Å²) in [7, 11) is 1.68. The van der Waals surface area contributed by atoms with Crippen molar-refractivity contribution in [3.63, 3.8) is 0 Å². The van der Waals surface area contributed by atoms with Crippen molar-refractivity contribution >= 4 is 6.08 Å². The van der Waals surface area contributed by atoms with E-state index < -0.39 is 0 Å². The minimum absolute atomic E-state index is 0. The molecule has 0 spiro atoms. The van der Waals surface area contributed by atoms with Crippen LogP contribution in [0.3, 0.4) is 0 Å². The molecule has 1 aliphatic carbocycles. The molecule has 1 atom stereocenters. The van der Waals surface area contributed by atoms with E-state index in [4.69, 9.17) is 9.47 Å². The summed E-state index contributed by atoms with van der Waals surface area (Å²) >= 11 is 0. The Morgan fingerprint density at radius 3 is 2.06 bits per heavy atom. The summed E-state index contributed by atoms with van der Waals surface area (Å²) in [5.41, 5.74) is 4.65. The number of allylic oxidation sites excluding steroid dienone is 2. The van der Waals surface area contributed by atoms with Gasteiger partial charge in [0, 0.05) is 11.7 Å². The number of benzene rings is 2. The third-order valence-electron chi connectivity index (χ3n) is 6.38. The van der Waals surface area contributed by atoms with Crippen molar-refractivity contribution < 1.29 is 33.4 Å². The molecule has 34 heavy (non-hydrogen) atoms. The Balaban J connectivity index is 0.00000408. The Labute approximate surface area is 218 Å². The largest absolute Gasteiger partial charge is 1.00 e. The smallest absolute Gasteiger partial charge is 0.579 e. The number of unbranched alkanes of at least 4 members (excludes halogenated alkanes) is 1. The predicted octanol–water partition coefficient (Wildman–Crippen LogP) is 4.25. The Morgan fingerprint density at radius 2 is 1.53 bits per heavy atom. The zero-order valence-electron chi connectivity index (χ0n) is 22.5. The van der Waals surface area contributed by atoms with Gasteiger partial charge in [-0.3, -0.25) is 0 Å². The van der Waals surface area contributed by atoms with Gasteiger partial charge in [-0.05, 0) is 57.2 Å². The van der Waals surface area contributed by atoms with Crippen LogP contribution in [0.15, 0.2) is 54.0 Å². The second-order valence-electron chi connectivity index (χ2n) is 11.1. The predicted molar refractivity (Wildman–Crippen MR) is 136 cm³/mol. The second-order valence-corrected chi connectivity index (χ2v) is 11.1. The van der Waals surface area contributed by atoms with Gasteiger partial charge in [0.2, 0.25) is 0 Å². The summed E-state index contributed by atoms with van der Waals surface area (Å²) in [5.74, 6) is 1.23. The average molecular weight is 455 g/mol. The van der Waals surface area contributed by atoms with Gasteiger partial charge >= 0.3 is 18.9 Å². The molecule has 0 fully saturated rings. The number of hydrogen-bond acceptors (Lipinski definition) is 3. The van der Waals surface area contributed by atoms with Gasteiger partial charge in [0.15, 0.2) is 0 Å². The van der Waals surface area contributed by atoms with Gasteiger partial charge in [0.1, 0.15) is 5.75 Å². The molecule has 0 saturated heterocycles. The van der Waals surface area contributed by atoms with Crippen LogP contribution in [0.25, 0.3) is 6.08 Å². The number of hydrogen-bond donors (Lipinski definition) is 0. The van der Waals surface area contributed by atoms with E-state index in [0.29, 0.717) is 5.75 Å². The fraction of sp³-hybridized carbons (Fsp3) is 0.467. The summed E-state index contributed by atoms with van der Waals surface area (Å²) in [5, 5.41) is 13.7. The minimum Gasteiger partial charge on any atom is -0.579 e. The Bertz CT molecular complexity index is 1020. The number of methoxy groups -OCH3 is 1. The Hall–Kier alpha value is -2.08. The van der Waals surface area contributed by atoms with Crippen molar-refractivity contribution in [2.75, 3.05) is 7.11 Å². The molecule has 0 aromatic heterocycles. The molecule has 0 amide bonds. The van der Waals surface area contributed by atoms with Gasteiger partial charge in [0.05, 0.1) is 13.1 Å². The fourth-order valence-corrected chi connectivity index (χ4v) is 4.47. The molecule has 0 saturated carbocycles. The molecular weight excluding hydrogens is 415 g/mol. The summed E-state index contributed by atoms with van der Waals surface area (Å²) in [4.78, 5) is 0. The van der Waals surface area contributed by atoms with E-state index in [2.05, 4.69) is 66.7 Å². The van der Waals surface area contributed by atoms with Crippen LogP contribution in [0.4, 0.5) is 0 Å². The molecule has 4 heteroatoms. The average Bonchev–Trinajstić information content (AvgIpc) is 2.75. The van der Waals surface area contributed by atoms with Gasteiger partial charge in [-0.15, -0.1) is 0 Å². The van der Waals surface area contributed by atoms with Crippen molar-refractivity contribution in [2.24, 2.45) is 0 Å². The maximum absolute atomic E-state index is 13.7. The molecular formula is C30H39LiO3. The first-order valence-corrected chi connectivity index (χ1v) is 12.1. The van der Waals surface area contributed by atoms with Crippen molar-refractivity contribution in [2.45, 2.75) is 84.5 Å². The maximum Gasteiger partial charge on any atom is 1.00 e. The third kappa shape index (κ3) is 6.12. The zero-order chi connectivity index (χ0) is 24.4. The van der Waals surface area contributed by atoms with E-state index in [9.17, 15) is 5.11 Å². The summed E-state index contributed by atoms with van der Waals surface area (Å²) in [6, 6.07) is 12.4. The van der Waals surface area contributed by atoms with Crippen LogP contribution in [0.5, 0.6) is 11.5 Å². The molecule has 0 bridgehead atoms. The van der Waals surface area contributed by atoms with Crippen molar-refractivity contribution in [1.82, 2.24) is 0 Å². The molecule has 2 aromatic rings. The minimum atomic E-state index is -0.261. The molecule has 1 aliphatic rings. The molecule has 3 nitrogen and oxygen atoms in total. The first-order valence-electron chi connectivity index (χ1n) is 12.1. The van der Waals surface area contributed by atoms with Crippen LogP contribution in [0.1, 0.15) is 95.9 Å². The summed E-state index contributed by atoms with van der Waals surface area (Å²) in [6.07, 6.45) is 7.08. The summed E-state index contributed by atoms with van der Waals surface area (Å²) in [6.45, 7) is 15.0. The molecule has 0 unspecified atom stereocenters. The van der Waals surface area contributed by atoms with Crippen LogP contribution in [-0.2, 0) is 10.8 Å². The van der Waals surface area contributed by atoms with Crippen molar-refractivity contribution in [3.05, 3.63) is 76.2 Å². The van der Waals surface area contributed by atoms with Crippen LogP contribution in [-0.4, -0.2) is 7.11 Å². The van der Waals surface area contributed by atoms with Crippen molar-refractivity contribution in [3.8, 4) is 11.5 Å². The number of rotatable bonds is 6. The number of ether oxygens (including phenoxy) is 2. The second kappa shape index (κ2) is 11.1. The van der Waals surface area contributed by atoms with Crippen LogP contribution in [0, 0.1) is 0 Å². The van der Waals surface area contributed by atoms with E-state index >= 15 is 0 Å². The molecule has 0 radical (unpaired) electrons. The Kier molecular flexibility index (Phi) is 9.20. The van der Waals surface area contributed by atoms with Gasteiger partial charge in [-0.2, -0.15) is 0 Å². The van der Waals surface area contributed by atoms with E-state index in [1.807, 2.05) is 30.4 Å². The van der Waals surface area contributed by atoms with Crippen LogP contribution >= 0.6 is 0 Å². The molecule has 0 aliphatic heterocycles. The SMILES string of the molecule is CCCC[C@H]1/C(=C(/[O-])Oc2c(C(C)(C)C)cc(OC)cc2C(C)(C)C)C=Cc2ccccc21.[Li+]. The van der Waals surface area contributed by atoms with E-state index in [1.54, 1.807) is 7.11 Å². The van der Waals surface area contributed by atoms with Crippen LogP contribution < -0.4 is 33.4 Å².